The van der Waals surface area contributed by atoms with Gasteiger partial charge in [0.05, 0.1) is 0 Å². The zero-order chi connectivity index (χ0) is 17.7. The van der Waals surface area contributed by atoms with Crippen LogP contribution in [0.15, 0.2) is 0 Å². The summed E-state index contributed by atoms with van der Waals surface area (Å²) < 4.78 is 0. The Balaban J connectivity index is 1.97. The molecule has 0 aliphatic heterocycles. The van der Waals surface area contributed by atoms with Gasteiger partial charge in [0.1, 0.15) is 0 Å². The van der Waals surface area contributed by atoms with Crippen molar-refractivity contribution in [1.29, 1.82) is 0 Å². The molecule has 3 rings (SSSR count). The molecular formula is C22H40N2-2. The van der Waals surface area contributed by atoms with Crippen LogP contribution in [0.3, 0.4) is 0 Å². The summed E-state index contributed by atoms with van der Waals surface area (Å²) in [6.45, 7) is 12.2. The fraction of sp³-hybridized carbons (Fsp3) is 1.00. The van der Waals surface area contributed by atoms with E-state index in [1.807, 2.05) is 7.05 Å². The van der Waals surface area contributed by atoms with Gasteiger partial charge in [-0.1, -0.05) is 66.2 Å². The first-order valence-electron chi connectivity index (χ1n) is 10.5. The largest absolute Gasteiger partial charge is 0.660 e. The number of nitrogens with zero attached hydrogens (tertiary/aromatic N) is 2. The highest BCUT2D eigenvalue weighted by Crippen LogP contribution is 2.64. The molecule has 0 aromatic heterocycles. The van der Waals surface area contributed by atoms with Crippen LogP contribution in [-0.4, -0.2) is 25.2 Å². The lowest BCUT2D eigenvalue weighted by Crippen LogP contribution is -2.61. The molecule has 2 heteroatoms. The molecule has 0 saturated heterocycles. The maximum atomic E-state index is 5.16. The van der Waals surface area contributed by atoms with Crippen molar-refractivity contribution >= 4 is 0 Å². The van der Waals surface area contributed by atoms with E-state index >= 15 is 0 Å². The minimum absolute atomic E-state index is 0.126. The Morgan fingerprint density at radius 2 is 1.71 bits per heavy atom. The van der Waals surface area contributed by atoms with Crippen LogP contribution in [-0.2, 0) is 0 Å². The molecule has 2 nitrogen and oxygen atoms in total. The summed E-state index contributed by atoms with van der Waals surface area (Å²) in [5.41, 5.74) is 0.404. The number of hydrogen-bond donors (Lipinski definition) is 0. The van der Waals surface area contributed by atoms with Crippen molar-refractivity contribution in [3.05, 3.63) is 10.6 Å². The lowest BCUT2D eigenvalue weighted by Gasteiger charge is -2.70. The molecule has 0 aromatic rings. The minimum atomic E-state index is 0.126. The Morgan fingerprint density at radius 3 is 2.33 bits per heavy atom. The Morgan fingerprint density at radius 1 is 1.00 bits per heavy atom. The highest BCUT2D eigenvalue weighted by molar-refractivity contribution is 5.20. The van der Waals surface area contributed by atoms with Gasteiger partial charge in [-0.15, -0.1) is 11.1 Å². The smallest absolute Gasteiger partial charge is 0.0340 e. The number of hydrogen-bond acceptors (Lipinski definition) is 0. The van der Waals surface area contributed by atoms with E-state index in [4.69, 9.17) is 10.6 Å². The van der Waals surface area contributed by atoms with Crippen molar-refractivity contribution in [3.63, 3.8) is 0 Å². The third kappa shape index (κ3) is 2.86. The minimum Gasteiger partial charge on any atom is -0.660 e. The van der Waals surface area contributed by atoms with Gasteiger partial charge < -0.3 is 10.6 Å². The molecule has 0 aromatic carbocycles. The molecule has 3 aliphatic rings. The molecule has 0 heterocycles. The van der Waals surface area contributed by atoms with Gasteiger partial charge in [-0.2, -0.15) is 14.1 Å². The van der Waals surface area contributed by atoms with E-state index in [0.29, 0.717) is 0 Å². The third-order valence-electron chi connectivity index (χ3n) is 8.63. The van der Waals surface area contributed by atoms with Crippen LogP contribution < -0.4 is 0 Å². The van der Waals surface area contributed by atoms with E-state index in [1.54, 1.807) is 0 Å². The molecule has 140 valence electrons. The lowest BCUT2D eigenvalue weighted by atomic mass is 9.43. The average molecular weight is 333 g/mol. The summed E-state index contributed by atoms with van der Waals surface area (Å²) >= 11 is 0. The summed E-state index contributed by atoms with van der Waals surface area (Å²) in [7, 11) is 4.14. The van der Waals surface area contributed by atoms with E-state index in [-0.39, 0.29) is 11.1 Å². The van der Waals surface area contributed by atoms with Crippen LogP contribution in [0.2, 0.25) is 0 Å². The topological polar surface area (TPSA) is 28.2 Å². The Kier molecular flexibility index (Phi) is 5.13. The standard InChI is InChI=1S/C22H40N2/c1-14-10-11-22(24-7)16(3)8-9-18-15(2)12-17(19(14)20(18)22)13-21(4,5)23-6/h14-20H,8-13H2,1-7H3/q-2/t14-,15-,16-,17-,18-,19+,20-,22-/m1/s1. The Labute approximate surface area is 150 Å². The van der Waals surface area contributed by atoms with E-state index in [9.17, 15) is 0 Å². The van der Waals surface area contributed by atoms with Crippen LogP contribution in [0.4, 0.5) is 0 Å². The zero-order valence-electron chi connectivity index (χ0n) is 17.2. The molecular weight excluding hydrogens is 292 g/mol. The van der Waals surface area contributed by atoms with E-state index in [0.717, 1.165) is 41.4 Å². The quantitative estimate of drug-likeness (QED) is 0.581. The predicted octanol–water partition coefficient (Wildman–Crippen LogP) is 6.27. The van der Waals surface area contributed by atoms with Crippen molar-refractivity contribution in [3.8, 4) is 0 Å². The highest BCUT2D eigenvalue weighted by Gasteiger charge is 2.55. The average Bonchev–Trinajstić information content (AvgIpc) is 2.54. The van der Waals surface area contributed by atoms with Crippen molar-refractivity contribution in [2.45, 2.75) is 84.2 Å². The SMILES string of the molecule is C[N-]C(C)(C)C[C@H]1C[C@@H](C)[C@H]2CC[C@@H](C)[C@]3([N-]C)CC[C@@H](C)[C@@H]1[C@@H]23. The maximum absolute atomic E-state index is 5.16. The highest BCUT2D eigenvalue weighted by atomic mass is 15.0. The Hall–Kier alpha value is -0.0800. The second kappa shape index (κ2) is 6.58. The van der Waals surface area contributed by atoms with Crippen LogP contribution in [0.5, 0.6) is 0 Å². The summed E-state index contributed by atoms with van der Waals surface area (Å²) in [6, 6.07) is 0. The van der Waals surface area contributed by atoms with Crippen molar-refractivity contribution in [2.24, 2.45) is 41.4 Å². The first-order valence-corrected chi connectivity index (χ1v) is 10.5. The summed E-state index contributed by atoms with van der Waals surface area (Å²) in [6.07, 6.45) is 8.24. The van der Waals surface area contributed by atoms with E-state index in [1.165, 1.54) is 38.5 Å². The molecule has 3 saturated carbocycles. The van der Waals surface area contributed by atoms with Gasteiger partial charge in [-0.3, -0.25) is 0 Å². The van der Waals surface area contributed by atoms with Gasteiger partial charge in [0, 0.05) is 0 Å². The maximum Gasteiger partial charge on any atom is -0.0340 e. The van der Waals surface area contributed by atoms with Gasteiger partial charge >= 0.3 is 0 Å². The van der Waals surface area contributed by atoms with Gasteiger partial charge in [0.15, 0.2) is 0 Å². The summed E-state index contributed by atoms with van der Waals surface area (Å²) in [5, 5.41) is 9.86. The van der Waals surface area contributed by atoms with Crippen molar-refractivity contribution in [2.75, 3.05) is 14.1 Å². The monoisotopic (exact) mass is 332 g/mol. The van der Waals surface area contributed by atoms with Gasteiger partial charge in [0.2, 0.25) is 0 Å². The molecule has 0 amide bonds. The zero-order valence-corrected chi connectivity index (χ0v) is 17.2. The molecule has 24 heavy (non-hydrogen) atoms. The molecule has 0 bridgehead atoms. The van der Waals surface area contributed by atoms with Gasteiger partial charge in [-0.25, -0.2) is 0 Å². The van der Waals surface area contributed by atoms with Crippen LogP contribution in [0.25, 0.3) is 10.6 Å². The van der Waals surface area contributed by atoms with Crippen LogP contribution in [0, 0.1) is 41.4 Å². The lowest BCUT2D eigenvalue weighted by molar-refractivity contribution is -0.101. The number of rotatable bonds is 4. The third-order valence-corrected chi connectivity index (χ3v) is 8.63. The first kappa shape index (κ1) is 18.7. The molecule has 0 spiro atoms. The summed E-state index contributed by atoms with van der Waals surface area (Å²) in [5.74, 6) is 5.94. The van der Waals surface area contributed by atoms with E-state index in [2.05, 4.69) is 41.7 Å². The van der Waals surface area contributed by atoms with Gasteiger partial charge in [0.25, 0.3) is 0 Å². The molecule has 3 fully saturated rings. The molecule has 0 unspecified atom stereocenters. The Bertz CT molecular complexity index is 445. The van der Waals surface area contributed by atoms with Crippen molar-refractivity contribution in [1.82, 2.24) is 0 Å². The normalized spacial score (nSPS) is 48.9. The molecule has 3 aliphatic carbocycles. The second-order valence-corrected chi connectivity index (χ2v) is 10.2. The van der Waals surface area contributed by atoms with Gasteiger partial charge in [-0.05, 0) is 48.3 Å². The van der Waals surface area contributed by atoms with Crippen LogP contribution >= 0.6 is 0 Å². The predicted molar refractivity (Wildman–Crippen MR) is 105 cm³/mol. The van der Waals surface area contributed by atoms with Crippen molar-refractivity contribution < 1.29 is 0 Å². The first-order chi connectivity index (χ1) is 11.3. The van der Waals surface area contributed by atoms with Crippen LogP contribution in [0.1, 0.15) is 73.1 Å². The van der Waals surface area contributed by atoms with E-state index < -0.39 is 0 Å². The molecule has 8 atom stereocenters. The second-order valence-electron chi connectivity index (χ2n) is 10.2. The molecule has 0 N–H and O–H groups in total. The molecule has 0 radical (unpaired) electrons. The fourth-order valence-corrected chi connectivity index (χ4v) is 7.25. The summed E-state index contributed by atoms with van der Waals surface area (Å²) in [4.78, 5) is 0. The fourth-order valence-electron chi connectivity index (χ4n) is 7.25.